The van der Waals surface area contributed by atoms with Crippen LogP contribution in [0.3, 0.4) is 0 Å². The average Bonchev–Trinajstić information content (AvgIpc) is 2.92. The van der Waals surface area contributed by atoms with Crippen LogP contribution in [0.4, 0.5) is 0 Å². The van der Waals surface area contributed by atoms with E-state index in [9.17, 15) is 0 Å². The first kappa shape index (κ1) is 19.1. The van der Waals surface area contributed by atoms with Crippen LogP contribution in [0, 0.1) is 0 Å². The Morgan fingerprint density at radius 2 is 1.75 bits per heavy atom. The summed E-state index contributed by atoms with van der Waals surface area (Å²) in [5, 5.41) is 7.48. The highest BCUT2D eigenvalue weighted by Gasteiger charge is 2.25. The van der Waals surface area contributed by atoms with E-state index in [-0.39, 0.29) is 0 Å². The van der Waals surface area contributed by atoms with E-state index in [1.54, 1.807) is 0 Å². The van der Waals surface area contributed by atoms with Crippen LogP contribution in [0.5, 0.6) is 5.75 Å². The number of ether oxygens (including phenoxy) is 1. The van der Waals surface area contributed by atoms with Gasteiger partial charge in [0, 0.05) is 25.2 Å². The molecule has 5 nitrogen and oxygen atoms in total. The van der Waals surface area contributed by atoms with Gasteiger partial charge in [-0.2, -0.15) is 0 Å². The van der Waals surface area contributed by atoms with Crippen molar-refractivity contribution in [3.8, 4) is 5.75 Å². The van der Waals surface area contributed by atoms with Crippen LogP contribution in [0.2, 0.25) is 0 Å². The molecule has 1 fully saturated rings. The number of allylic oxidation sites excluding steroid dienone is 2. The number of likely N-dealkylation sites (N-methyl/N-ethyl adjacent to an activating group) is 1. The highest BCUT2D eigenvalue weighted by Crippen LogP contribution is 2.32. The second-order valence-electron chi connectivity index (χ2n) is 7.78. The molecule has 150 valence electrons. The lowest BCUT2D eigenvalue weighted by Gasteiger charge is -2.33. The van der Waals surface area contributed by atoms with Gasteiger partial charge in [-0.3, -0.25) is 4.90 Å². The zero-order valence-corrected chi connectivity index (χ0v) is 17.1. The molecule has 0 bridgehead atoms. The third-order valence-electron chi connectivity index (χ3n) is 5.65. The van der Waals surface area contributed by atoms with Gasteiger partial charge in [0.15, 0.2) is 0 Å². The topological polar surface area (TPSA) is 39.8 Å². The largest absolute Gasteiger partial charge is 0.493 e. The summed E-state index contributed by atoms with van der Waals surface area (Å²) in [6.45, 7) is 8.16. The molecule has 0 unspecified atom stereocenters. The number of fused-ring (bicyclic) bond motifs is 1. The van der Waals surface area contributed by atoms with Crippen molar-refractivity contribution in [2.45, 2.75) is 26.2 Å². The van der Waals surface area contributed by atoms with E-state index in [1.165, 1.54) is 30.1 Å². The molecule has 1 saturated heterocycles. The van der Waals surface area contributed by atoms with E-state index in [4.69, 9.17) is 4.74 Å². The van der Waals surface area contributed by atoms with Crippen LogP contribution >= 0.6 is 0 Å². The molecule has 4 rings (SSSR count). The first-order valence-corrected chi connectivity index (χ1v) is 10.6. The normalized spacial score (nSPS) is 21.1. The summed E-state index contributed by atoms with van der Waals surface area (Å²) in [5.41, 5.74) is 5.91. The molecular weight excluding hydrogens is 348 g/mol. The lowest BCUT2D eigenvalue weighted by atomic mass is 10.0. The zero-order chi connectivity index (χ0) is 19.3. The number of hydrogen-bond acceptors (Lipinski definition) is 5. The van der Waals surface area contributed by atoms with E-state index in [0.29, 0.717) is 6.61 Å². The van der Waals surface area contributed by atoms with Gasteiger partial charge in [0.25, 0.3) is 0 Å². The van der Waals surface area contributed by atoms with Gasteiger partial charge in [-0.05, 0) is 58.5 Å². The minimum atomic E-state index is 0.666. The minimum absolute atomic E-state index is 0.666. The molecule has 1 aromatic carbocycles. The lowest BCUT2D eigenvalue weighted by molar-refractivity contribution is 0.291. The maximum Gasteiger partial charge on any atom is 0.128 e. The van der Waals surface area contributed by atoms with Gasteiger partial charge in [-0.1, -0.05) is 24.3 Å². The van der Waals surface area contributed by atoms with Crippen LogP contribution in [-0.4, -0.2) is 56.2 Å². The second-order valence-corrected chi connectivity index (χ2v) is 7.78. The number of para-hydroxylation sites is 1. The van der Waals surface area contributed by atoms with Gasteiger partial charge in [-0.25, -0.2) is 0 Å². The zero-order valence-electron chi connectivity index (χ0n) is 17.1. The Balaban J connectivity index is 1.68. The number of rotatable bonds is 5. The first-order chi connectivity index (χ1) is 13.7. The van der Waals surface area contributed by atoms with Gasteiger partial charge in [0.05, 0.1) is 29.4 Å². The number of benzene rings is 1. The van der Waals surface area contributed by atoms with Crippen LogP contribution in [0.25, 0.3) is 5.70 Å². The summed E-state index contributed by atoms with van der Waals surface area (Å²) in [6, 6.07) is 8.35. The summed E-state index contributed by atoms with van der Waals surface area (Å²) in [5.74, 6) is 0.936. The molecule has 2 aliphatic heterocycles. The Hall–Kier alpha value is -2.24. The van der Waals surface area contributed by atoms with Crippen molar-refractivity contribution >= 4 is 5.70 Å². The van der Waals surface area contributed by atoms with Crippen molar-refractivity contribution in [3.63, 3.8) is 0 Å². The Morgan fingerprint density at radius 3 is 2.57 bits per heavy atom. The summed E-state index contributed by atoms with van der Waals surface area (Å²) >= 11 is 0. The summed E-state index contributed by atoms with van der Waals surface area (Å²) in [7, 11) is 2.22. The molecule has 3 aliphatic rings. The van der Waals surface area contributed by atoms with E-state index in [1.807, 2.05) is 13.0 Å². The van der Waals surface area contributed by atoms with Gasteiger partial charge >= 0.3 is 0 Å². The van der Waals surface area contributed by atoms with E-state index < -0.39 is 0 Å². The molecule has 2 heterocycles. The lowest BCUT2D eigenvalue weighted by Crippen LogP contribution is -2.39. The Kier molecular flexibility index (Phi) is 6.03. The van der Waals surface area contributed by atoms with Crippen molar-refractivity contribution in [2.24, 2.45) is 0 Å². The fourth-order valence-electron chi connectivity index (χ4n) is 4.13. The molecule has 0 radical (unpaired) electrons. The maximum atomic E-state index is 5.94. The standard InChI is InChI=1S/C23H32N4O/c1-3-28-22-12-7-4-9-18(22)23-21(17-27-14-8-13-26(2)15-16-27)24-19-10-5-6-11-20(19)25-23/h4,7,9-12,24-25H,3,5-6,8,13-17H2,1-2H3. The fraction of sp³-hybridized carbons (Fsp3) is 0.478. The quantitative estimate of drug-likeness (QED) is 0.821. The number of nitrogens with zero attached hydrogens (tertiary/aromatic N) is 2. The van der Waals surface area contributed by atoms with Crippen LogP contribution in [0.1, 0.15) is 31.7 Å². The first-order valence-electron chi connectivity index (χ1n) is 10.6. The van der Waals surface area contributed by atoms with Crippen LogP contribution in [-0.2, 0) is 0 Å². The summed E-state index contributed by atoms with van der Waals surface area (Å²) in [6.07, 6.45) is 8.00. The molecule has 28 heavy (non-hydrogen) atoms. The smallest absolute Gasteiger partial charge is 0.128 e. The number of hydrogen-bond donors (Lipinski definition) is 2. The van der Waals surface area contributed by atoms with Gasteiger partial charge in [0.2, 0.25) is 0 Å². The van der Waals surface area contributed by atoms with Crippen molar-refractivity contribution in [1.29, 1.82) is 0 Å². The van der Waals surface area contributed by atoms with Gasteiger partial charge < -0.3 is 20.3 Å². The predicted octanol–water partition coefficient (Wildman–Crippen LogP) is 3.15. The Labute approximate surface area is 168 Å². The van der Waals surface area contributed by atoms with Crippen molar-refractivity contribution in [1.82, 2.24) is 20.4 Å². The van der Waals surface area contributed by atoms with Crippen molar-refractivity contribution in [2.75, 3.05) is 46.4 Å². The molecule has 2 N–H and O–H groups in total. The molecule has 1 aliphatic carbocycles. The fourth-order valence-corrected chi connectivity index (χ4v) is 4.13. The molecular formula is C23H32N4O. The van der Waals surface area contributed by atoms with E-state index in [0.717, 1.165) is 56.0 Å². The molecule has 0 spiro atoms. The SMILES string of the molecule is CCOc1ccccc1C1=C(CN2CCCN(C)CC2)NC2=CCCC=C2N1. The van der Waals surface area contributed by atoms with E-state index in [2.05, 4.69) is 57.8 Å². The predicted molar refractivity (Wildman–Crippen MR) is 115 cm³/mol. The van der Waals surface area contributed by atoms with E-state index >= 15 is 0 Å². The second kappa shape index (κ2) is 8.84. The highest BCUT2D eigenvalue weighted by atomic mass is 16.5. The average molecular weight is 381 g/mol. The molecule has 5 heteroatoms. The van der Waals surface area contributed by atoms with Gasteiger partial charge in [-0.15, -0.1) is 0 Å². The molecule has 1 aromatic rings. The van der Waals surface area contributed by atoms with Crippen LogP contribution in [0.15, 0.2) is 53.5 Å². The molecule has 0 saturated carbocycles. The molecule has 0 amide bonds. The third-order valence-corrected chi connectivity index (χ3v) is 5.65. The molecule has 0 aromatic heterocycles. The van der Waals surface area contributed by atoms with Crippen LogP contribution < -0.4 is 15.4 Å². The highest BCUT2D eigenvalue weighted by molar-refractivity contribution is 5.76. The third kappa shape index (κ3) is 4.26. The maximum absolute atomic E-state index is 5.94. The summed E-state index contributed by atoms with van der Waals surface area (Å²) < 4.78 is 5.94. The van der Waals surface area contributed by atoms with Crippen molar-refractivity contribution in [3.05, 3.63) is 59.1 Å². The Morgan fingerprint density at radius 1 is 0.964 bits per heavy atom. The Bertz CT molecular complexity index is 796. The summed E-state index contributed by atoms with van der Waals surface area (Å²) in [4.78, 5) is 4.99. The molecule has 0 atom stereocenters. The monoisotopic (exact) mass is 380 g/mol. The van der Waals surface area contributed by atoms with Crippen molar-refractivity contribution < 1.29 is 4.74 Å². The minimum Gasteiger partial charge on any atom is -0.493 e. The van der Waals surface area contributed by atoms with Gasteiger partial charge in [0.1, 0.15) is 5.75 Å². The number of nitrogens with one attached hydrogen (secondary N) is 2.